The van der Waals surface area contributed by atoms with Crippen LogP contribution in [-0.4, -0.2) is 5.78 Å². The second-order valence-electron chi connectivity index (χ2n) is 4.37. The molecule has 0 aliphatic carbocycles. The number of aryl methyl sites for hydroxylation is 2. The van der Waals surface area contributed by atoms with Crippen molar-refractivity contribution < 1.29 is 13.6 Å². The van der Waals surface area contributed by atoms with E-state index in [1.54, 1.807) is 12.1 Å². The van der Waals surface area contributed by atoms with Crippen LogP contribution in [-0.2, 0) is 0 Å². The lowest BCUT2D eigenvalue weighted by atomic mass is 9.99. The SMILES string of the molecule is Cc1ccc(C(=O)c2c(F)ccc(C)c2F)c(Cl)c1. The van der Waals surface area contributed by atoms with Gasteiger partial charge in [-0.05, 0) is 43.2 Å². The number of hydrogen-bond acceptors (Lipinski definition) is 1. The van der Waals surface area contributed by atoms with Gasteiger partial charge in [0.15, 0.2) is 5.78 Å². The van der Waals surface area contributed by atoms with Crippen molar-refractivity contribution in [2.75, 3.05) is 0 Å². The number of ketones is 1. The van der Waals surface area contributed by atoms with Crippen LogP contribution in [0.2, 0.25) is 5.02 Å². The summed E-state index contributed by atoms with van der Waals surface area (Å²) in [4.78, 5) is 12.2. The molecular weight excluding hydrogens is 270 g/mol. The largest absolute Gasteiger partial charge is 0.288 e. The van der Waals surface area contributed by atoms with Crippen molar-refractivity contribution in [2.24, 2.45) is 0 Å². The number of rotatable bonds is 2. The fourth-order valence-corrected chi connectivity index (χ4v) is 2.12. The second-order valence-corrected chi connectivity index (χ2v) is 4.77. The third-order valence-corrected chi connectivity index (χ3v) is 3.19. The van der Waals surface area contributed by atoms with Crippen molar-refractivity contribution in [3.8, 4) is 0 Å². The highest BCUT2D eigenvalue weighted by atomic mass is 35.5. The fraction of sp³-hybridized carbons (Fsp3) is 0.133. The maximum absolute atomic E-state index is 13.9. The smallest absolute Gasteiger partial charge is 0.200 e. The van der Waals surface area contributed by atoms with Gasteiger partial charge in [0.25, 0.3) is 0 Å². The van der Waals surface area contributed by atoms with E-state index in [4.69, 9.17) is 11.6 Å². The Bertz CT molecular complexity index is 665. The van der Waals surface area contributed by atoms with Crippen LogP contribution in [0.5, 0.6) is 0 Å². The molecule has 0 atom stereocenters. The molecule has 0 spiro atoms. The number of benzene rings is 2. The molecule has 0 aliphatic rings. The summed E-state index contributed by atoms with van der Waals surface area (Å²) < 4.78 is 27.6. The highest BCUT2D eigenvalue weighted by Gasteiger charge is 2.22. The summed E-state index contributed by atoms with van der Waals surface area (Å²) in [5, 5.41) is 0.185. The van der Waals surface area contributed by atoms with Gasteiger partial charge in [-0.3, -0.25) is 4.79 Å². The molecule has 19 heavy (non-hydrogen) atoms. The molecule has 0 aliphatic heterocycles. The molecule has 2 rings (SSSR count). The summed E-state index contributed by atoms with van der Waals surface area (Å²) in [7, 11) is 0. The van der Waals surface area contributed by atoms with E-state index in [2.05, 4.69) is 0 Å². The highest BCUT2D eigenvalue weighted by Crippen LogP contribution is 2.25. The van der Waals surface area contributed by atoms with E-state index < -0.39 is 23.0 Å². The minimum absolute atomic E-state index is 0.0932. The summed E-state index contributed by atoms with van der Waals surface area (Å²) in [5.74, 6) is -2.48. The minimum Gasteiger partial charge on any atom is -0.288 e. The predicted octanol–water partition coefficient (Wildman–Crippen LogP) is 4.47. The predicted molar refractivity (Wildman–Crippen MR) is 70.7 cm³/mol. The van der Waals surface area contributed by atoms with Crippen LogP contribution in [0.4, 0.5) is 8.78 Å². The molecule has 0 unspecified atom stereocenters. The van der Waals surface area contributed by atoms with Crippen LogP contribution in [0.25, 0.3) is 0 Å². The lowest BCUT2D eigenvalue weighted by molar-refractivity contribution is 0.103. The lowest BCUT2D eigenvalue weighted by Gasteiger charge is -2.08. The molecule has 4 heteroatoms. The molecule has 2 aromatic rings. The van der Waals surface area contributed by atoms with Crippen molar-refractivity contribution in [1.29, 1.82) is 0 Å². The Kier molecular flexibility index (Phi) is 3.67. The average molecular weight is 281 g/mol. The molecule has 0 aromatic heterocycles. The van der Waals surface area contributed by atoms with Crippen LogP contribution >= 0.6 is 11.6 Å². The van der Waals surface area contributed by atoms with Crippen molar-refractivity contribution in [1.82, 2.24) is 0 Å². The fourth-order valence-electron chi connectivity index (χ4n) is 1.80. The zero-order valence-corrected chi connectivity index (χ0v) is 11.2. The average Bonchev–Trinajstić information content (AvgIpc) is 2.34. The van der Waals surface area contributed by atoms with Gasteiger partial charge in [-0.2, -0.15) is 0 Å². The summed E-state index contributed by atoms with van der Waals surface area (Å²) in [6.45, 7) is 3.29. The Morgan fingerprint density at radius 1 is 1.11 bits per heavy atom. The minimum atomic E-state index is -0.884. The Morgan fingerprint density at radius 2 is 1.79 bits per heavy atom. The third kappa shape index (κ3) is 2.51. The molecule has 0 saturated carbocycles. The molecule has 0 radical (unpaired) electrons. The van der Waals surface area contributed by atoms with Gasteiger partial charge >= 0.3 is 0 Å². The molecule has 0 heterocycles. The van der Waals surface area contributed by atoms with E-state index in [0.29, 0.717) is 0 Å². The van der Waals surface area contributed by atoms with Crippen molar-refractivity contribution >= 4 is 17.4 Å². The molecule has 0 fully saturated rings. The van der Waals surface area contributed by atoms with Crippen molar-refractivity contribution in [2.45, 2.75) is 13.8 Å². The molecule has 1 nitrogen and oxygen atoms in total. The van der Waals surface area contributed by atoms with Crippen molar-refractivity contribution in [3.05, 3.63) is 69.2 Å². The lowest BCUT2D eigenvalue weighted by Crippen LogP contribution is -2.09. The summed E-state index contributed by atoms with van der Waals surface area (Å²) >= 11 is 5.95. The van der Waals surface area contributed by atoms with E-state index in [0.717, 1.165) is 11.6 Å². The molecule has 0 saturated heterocycles. The van der Waals surface area contributed by atoms with Gasteiger partial charge in [0, 0.05) is 5.56 Å². The van der Waals surface area contributed by atoms with Gasteiger partial charge in [-0.1, -0.05) is 23.7 Å². The Morgan fingerprint density at radius 3 is 2.42 bits per heavy atom. The van der Waals surface area contributed by atoms with E-state index in [-0.39, 0.29) is 16.1 Å². The van der Waals surface area contributed by atoms with E-state index in [1.807, 2.05) is 6.92 Å². The van der Waals surface area contributed by atoms with Crippen LogP contribution in [0.1, 0.15) is 27.0 Å². The molecule has 0 amide bonds. The summed E-state index contributed by atoms with van der Waals surface area (Å²) in [6.07, 6.45) is 0. The van der Waals surface area contributed by atoms with Gasteiger partial charge in [0.2, 0.25) is 0 Å². The quantitative estimate of drug-likeness (QED) is 0.742. The standard InChI is InChI=1S/C15H11ClF2O/c1-8-3-5-10(11(16)7-8)15(19)13-12(17)6-4-9(2)14(13)18/h3-7H,1-2H3. The maximum atomic E-state index is 13.9. The first-order valence-corrected chi connectivity index (χ1v) is 6.05. The normalized spacial score (nSPS) is 10.6. The topological polar surface area (TPSA) is 17.1 Å². The van der Waals surface area contributed by atoms with E-state index >= 15 is 0 Å². The summed E-state index contributed by atoms with van der Waals surface area (Å²) in [5.41, 5.74) is 0.612. The zero-order chi connectivity index (χ0) is 14.2. The Balaban J connectivity index is 2.59. The first-order valence-electron chi connectivity index (χ1n) is 5.67. The van der Waals surface area contributed by atoms with Crippen LogP contribution < -0.4 is 0 Å². The number of hydrogen-bond donors (Lipinski definition) is 0. The zero-order valence-electron chi connectivity index (χ0n) is 10.4. The van der Waals surface area contributed by atoms with Crippen LogP contribution in [0.15, 0.2) is 30.3 Å². The van der Waals surface area contributed by atoms with E-state index in [9.17, 15) is 13.6 Å². The number of carbonyl (C=O) groups is 1. The van der Waals surface area contributed by atoms with Gasteiger partial charge in [-0.15, -0.1) is 0 Å². The first kappa shape index (κ1) is 13.7. The monoisotopic (exact) mass is 280 g/mol. The molecule has 0 bridgehead atoms. The summed E-state index contributed by atoms with van der Waals surface area (Å²) in [6, 6.07) is 7.10. The third-order valence-electron chi connectivity index (χ3n) is 2.88. The van der Waals surface area contributed by atoms with E-state index in [1.165, 1.54) is 19.1 Å². The van der Waals surface area contributed by atoms with Gasteiger partial charge in [0.1, 0.15) is 11.6 Å². The Labute approximate surface area is 114 Å². The molecule has 98 valence electrons. The molecular formula is C15H11ClF2O. The van der Waals surface area contributed by atoms with Gasteiger partial charge < -0.3 is 0 Å². The van der Waals surface area contributed by atoms with Gasteiger partial charge in [0.05, 0.1) is 10.6 Å². The number of halogens is 3. The second kappa shape index (κ2) is 5.10. The molecule has 2 aromatic carbocycles. The highest BCUT2D eigenvalue weighted by molar-refractivity contribution is 6.35. The maximum Gasteiger partial charge on any atom is 0.200 e. The van der Waals surface area contributed by atoms with Gasteiger partial charge in [-0.25, -0.2) is 8.78 Å². The Hall–Kier alpha value is -1.74. The molecule has 0 N–H and O–H groups in total. The van der Waals surface area contributed by atoms with Crippen LogP contribution in [0.3, 0.4) is 0 Å². The number of carbonyl (C=O) groups excluding carboxylic acids is 1. The van der Waals surface area contributed by atoms with Crippen LogP contribution in [0, 0.1) is 25.5 Å². The van der Waals surface area contributed by atoms with Crippen molar-refractivity contribution in [3.63, 3.8) is 0 Å². The first-order chi connectivity index (χ1) is 8.91.